The summed E-state index contributed by atoms with van der Waals surface area (Å²) in [7, 11) is 1.29. The number of phenols is 1. The van der Waals surface area contributed by atoms with Crippen molar-refractivity contribution in [2.75, 3.05) is 39.8 Å². The van der Waals surface area contributed by atoms with Gasteiger partial charge in [0, 0.05) is 32.7 Å². The average molecular weight is 272 g/mol. The number of nitrogens with zero attached hydrogens (tertiary/aromatic N) is 1. The van der Waals surface area contributed by atoms with E-state index in [9.17, 15) is 13.9 Å². The van der Waals surface area contributed by atoms with Crippen molar-refractivity contribution < 1.29 is 18.6 Å². The molecule has 1 heterocycles. The van der Waals surface area contributed by atoms with Crippen LogP contribution in [0, 0.1) is 11.6 Å². The van der Waals surface area contributed by atoms with Crippen molar-refractivity contribution in [3.63, 3.8) is 0 Å². The van der Waals surface area contributed by atoms with Crippen LogP contribution >= 0.6 is 0 Å². The molecule has 1 saturated heterocycles. The minimum absolute atomic E-state index is 0.130. The first kappa shape index (κ1) is 14.0. The Bertz CT molecular complexity index is 449. The zero-order valence-corrected chi connectivity index (χ0v) is 10.9. The van der Waals surface area contributed by atoms with Crippen LogP contribution in [0.5, 0.6) is 11.5 Å². The number of halogens is 2. The molecule has 2 rings (SSSR count). The number of ether oxygens (including phenoxy) is 1. The standard InChI is InChI=1S/C13H18F2N2O2/c1-19-10-8-9(11(14)13(18)12(10)15)2-5-17-6-3-16-4-7-17/h8,16,18H,2-7H2,1H3. The minimum Gasteiger partial charge on any atom is -0.503 e. The van der Waals surface area contributed by atoms with Gasteiger partial charge in [-0.05, 0) is 18.1 Å². The lowest BCUT2D eigenvalue weighted by Gasteiger charge is -2.27. The Morgan fingerprint density at radius 1 is 1.32 bits per heavy atom. The van der Waals surface area contributed by atoms with Crippen LogP contribution < -0.4 is 10.1 Å². The predicted octanol–water partition coefficient (Wildman–Crippen LogP) is 1.13. The first-order valence-electron chi connectivity index (χ1n) is 6.30. The molecule has 0 spiro atoms. The second-order valence-corrected chi connectivity index (χ2v) is 4.56. The number of benzene rings is 1. The Morgan fingerprint density at radius 2 is 2.00 bits per heavy atom. The monoisotopic (exact) mass is 272 g/mol. The molecule has 0 bridgehead atoms. The molecule has 0 aliphatic carbocycles. The Morgan fingerprint density at radius 3 is 2.63 bits per heavy atom. The Labute approximate surface area is 111 Å². The molecule has 1 aromatic carbocycles. The van der Waals surface area contributed by atoms with Crippen molar-refractivity contribution in [1.29, 1.82) is 0 Å². The van der Waals surface area contributed by atoms with E-state index < -0.39 is 17.4 Å². The van der Waals surface area contributed by atoms with Crippen LogP contribution in [0.4, 0.5) is 8.78 Å². The van der Waals surface area contributed by atoms with E-state index in [0.29, 0.717) is 13.0 Å². The van der Waals surface area contributed by atoms with Crippen molar-refractivity contribution >= 4 is 0 Å². The molecule has 2 N–H and O–H groups in total. The molecule has 0 atom stereocenters. The summed E-state index contributed by atoms with van der Waals surface area (Å²) >= 11 is 0. The van der Waals surface area contributed by atoms with E-state index in [1.807, 2.05) is 0 Å². The van der Waals surface area contributed by atoms with Crippen LogP contribution in [0.15, 0.2) is 6.07 Å². The highest BCUT2D eigenvalue weighted by molar-refractivity contribution is 5.41. The van der Waals surface area contributed by atoms with Crippen molar-refractivity contribution in [1.82, 2.24) is 10.2 Å². The zero-order chi connectivity index (χ0) is 13.8. The molecule has 0 saturated carbocycles. The highest BCUT2D eigenvalue weighted by Gasteiger charge is 2.19. The molecule has 1 fully saturated rings. The molecule has 106 valence electrons. The Kier molecular flexibility index (Phi) is 4.55. The van der Waals surface area contributed by atoms with E-state index in [1.54, 1.807) is 0 Å². The van der Waals surface area contributed by atoms with Gasteiger partial charge in [-0.15, -0.1) is 0 Å². The summed E-state index contributed by atoms with van der Waals surface area (Å²) < 4.78 is 31.9. The van der Waals surface area contributed by atoms with Gasteiger partial charge in [-0.3, -0.25) is 0 Å². The van der Waals surface area contributed by atoms with Gasteiger partial charge in [0.2, 0.25) is 5.82 Å². The van der Waals surface area contributed by atoms with E-state index in [0.717, 1.165) is 26.2 Å². The lowest BCUT2D eigenvalue weighted by molar-refractivity contribution is 0.242. The molecular weight excluding hydrogens is 254 g/mol. The third-order valence-electron chi connectivity index (χ3n) is 3.35. The summed E-state index contributed by atoms with van der Waals surface area (Å²) in [6, 6.07) is 1.31. The maximum atomic E-state index is 13.8. The maximum Gasteiger partial charge on any atom is 0.209 e. The number of hydrogen-bond donors (Lipinski definition) is 2. The van der Waals surface area contributed by atoms with Crippen LogP contribution in [0.1, 0.15) is 5.56 Å². The van der Waals surface area contributed by atoms with Gasteiger partial charge in [0.05, 0.1) is 7.11 Å². The third kappa shape index (κ3) is 3.13. The molecule has 1 aliphatic heterocycles. The fourth-order valence-electron chi connectivity index (χ4n) is 2.19. The van der Waals surface area contributed by atoms with Crippen molar-refractivity contribution in [3.05, 3.63) is 23.3 Å². The molecule has 19 heavy (non-hydrogen) atoms. The van der Waals surface area contributed by atoms with Crippen molar-refractivity contribution in [2.24, 2.45) is 0 Å². The smallest absolute Gasteiger partial charge is 0.209 e. The first-order chi connectivity index (χ1) is 9.13. The van der Waals surface area contributed by atoms with E-state index in [4.69, 9.17) is 4.74 Å². The molecule has 0 aromatic heterocycles. The fourth-order valence-corrected chi connectivity index (χ4v) is 2.19. The van der Waals surface area contributed by atoms with E-state index in [1.165, 1.54) is 13.2 Å². The topological polar surface area (TPSA) is 44.7 Å². The van der Waals surface area contributed by atoms with Gasteiger partial charge in [-0.25, -0.2) is 4.39 Å². The largest absolute Gasteiger partial charge is 0.503 e. The molecule has 1 aromatic rings. The lowest BCUT2D eigenvalue weighted by atomic mass is 10.1. The summed E-state index contributed by atoms with van der Waals surface area (Å²) in [4.78, 5) is 2.20. The fraction of sp³-hybridized carbons (Fsp3) is 0.538. The van der Waals surface area contributed by atoms with E-state index in [2.05, 4.69) is 10.2 Å². The van der Waals surface area contributed by atoms with Gasteiger partial charge >= 0.3 is 0 Å². The molecule has 0 radical (unpaired) electrons. The molecule has 4 nitrogen and oxygen atoms in total. The Hall–Kier alpha value is -1.40. The first-order valence-corrected chi connectivity index (χ1v) is 6.30. The van der Waals surface area contributed by atoms with E-state index >= 15 is 0 Å². The number of methoxy groups -OCH3 is 1. The molecule has 6 heteroatoms. The van der Waals surface area contributed by atoms with Gasteiger partial charge in [0.1, 0.15) is 0 Å². The number of nitrogens with one attached hydrogen (secondary N) is 1. The quantitative estimate of drug-likeness (QED) is 0.862. The molecule has 1 aliphatic rings. The van der Waals surface area contributed by atoms with Crippen LogP contribution in [-0.4, -0.2) is 49.8 Å². The normalized spacial score (nSPS) is 16.6. The SMILES string of the molecule is COc1cc(CCN2CCNCC2)c(F)c(O)c1F. The van der Waals surface area contributed by atoms with Gasteiger partial charge in [-0.1, -0.05) is 0 Å². The van der Waals surface area contributed by atoms with E-state index in [-0.39, 0.29) is 11.3 Å². The lowest BCUT2D eigenvalue weighted by Crippen LogP contribution is -2.44. The van der Waals surface area contributed by atoms with Crippen LogP contribution in [0.2, 0.25) is 0 Å². The summed E-state index contributed by atoms with van der Waals surface area (Å²) in [5.74, 6) is -3.04. The summed E-state index contributed by atoms with van der Waals surface area (Å²) in [5, 5.41) is 12.6. The van der Waals surface area contributed by atoms with Gasteiger partial charge in [-0.2, -0.15) is 4.39 Å². The highest BCUT2D eigenvalue weighted by atomic mass is 19.1. The van der Waals surface area contributed by atoms with Crippen LogP contribution in [-0.2, 0) is 6.42 Å². The maximum absolute atomic E-state index is 13.8. The number of piperazine rings is 1. The van der Waals surface area contributed by atoms with Crippen molar-refractivity contribution in [3.8, 4) is 11.5 Å². The van der Waals surface area contributed by atoms with Crippen molar-refractivity contribution in [2.45, 2.75) is 6.42 Å². The number of aromatic hydroxyl groups is 1. The zero-order valence-electron chi connectivity index (χ0n) is 10.9. The molecule has 0 amide bonds. The summed E-state index contributed by atoms with van der Waals surface area (Å²) in [6.45, 7) is 4.33. The predicted molar refractivity (Wildman–Crippen MR) is 67.6 cm³/mol. The van der Waals surface area contributed by atoms with Crippen LogP contribution in [0.25, 0.3) is 0 Å². The second-order valence-electron chi connectivity index (χ2n) is 4.56. The van der Waals surface area contributed by atoms with Gasteiger partial charge < -0.3 is 20.1 Å². The third-order valence-corrected chi connectivity index (χ3v) is 3.35. The number of phenolic OH excluding ortho intramolecular Hbond substituents is 1. The van der Waals surface area contributed by atoms with Crippen LogP contribution in [0.3, 0.4) is 0 Å². The van der Waals surface area contributed by atoms with Gasteiger partial charge in [0.25, 0.3) is 0 Å². The number of hydrogen-bond acceptors (Lipinski definition) is 4. The molecular formula is C13H18F2N2O2. The number of rotatable bonds is 4. The van der Waals surface area contributed by atoms with Gasteiger partial charge in [0.15, 0.2) is 17.3 Å². The highest BCUT2D eigenvalue weighted by Crippen LogP contribution is 2.31. The minimum atomic E-state index is -1.05. The summed E-state index contributed by atoms with van der Waals surface area (Å²) in [5.41, 5.74) is 0.272. The Balaban J connectivity index is 2.08. The second kappa shape index (κ2) is 6.16. The molecule has 0 unspecified atom stereocenters. The average Bonchev–Trinajstić information content (AvgIpc) is 2.45. The summed E-state index contributed by atoms with van der Waals surface area (Å²) in [6.07, 6.45) is 0.413.